The zero-order chi connectivity index (χ0) is 11.2. The van der Waals surface area contributed by atoms with Crippen molar-refractivity contribution in [1.29, 1.82) is 0 Å². The summed E-state index contributed by atoms with van der Waals surface area (Å²) in [5.41, 5.74) is 0. The molecule has 0 amide bonds. The van der Waals surface area contributed by atoms with Gasteiger partial charge in [0.2, 0.25) is 0 Å². The van der Waals surface area contributed by atoms with E-state index in [0.717, 1.165) is 18.7 Å². The third kappa shape index (κ3) is 3.35. The minimum absolute atomic E-state index is 0.489. The Labute approximate surface area is 97.2 Å². The maximum Gasteiger partial charge on any atom is 0.105 e. The molecule has 1 saturated carbocycles. The van der Waals surface area contributed by atoms with Gasteiger partial charge >= 0.3 is 0 Å². The second-order valence-corrected chi connectivity index (χ2v) is 4.49. The van der Waals surface area contributed by atoms with E-state index < -0.39 is 0 Å². The van der Waals surface area contributed by atoms with Crippen LogP contribution in [0.3, 0.4) is 0 Å². The van der Waals surface area contributed by atoms with Gasteiger partial charge < -0.3 is 14.5 Å². The van der Waals surface area contributed by atoms with Crippen LogP contribution in [0.2, 0.25) is 0 Å². The highest BCUT2D eigenvalue weighted by atomic mass is 16.5. The molecule has 0 aromatic carbocycles. The SMILES string of the molecule is COC1CCC(NCCc2ccco2)CC1. The Bertz CT molecular complexity index is 276. The molecular weight excluding hydrogens is 202 g/mol. The lowest BCUT2D eigenvalue weighted by Gasteiger charge is -2.28. The average Bonchev–Trinajstić information content (AvgIpc) is 2.83. The van der Waals surface area contributed by atoms with E-state index in [1.807, 2.05) is 19.2 Å². The van der Waals surface area contributed by atoms with Gasteiger partial charge in [-0.2, -0.15) is 0 Å². The molecule has 1 aliphatic carbocycles. The summed E-state index contributed by atoms with van der Waals surface area (Å²) >= 11 is 0. The van der Waals surface area contributed by atoms with Gasteiger partial charge in [-0.3, -0.25) is 0 Å². The van der Waals surface area contributed by atoms with Crippen molar-refractivity contribution in [2.75, 3.05) is 13.7 Å². The molecule has 0 spiro atoms. The second kappa shape index (κ2) is 6.06. The molecule has 2 rings (SSSR count). The summed E-state index contributed by atoms with van der Waals surface area (Å²) in [6.07, 6.45) is 8.05. The van der Waals surface area contributed by atoms with Gasteiger partial charge in [-0.05, 0) is 37.8 Å². The number of furan rings is 1. The summed E-state index contributed by atoms with van der Waals surface area (Å²) < 4.78 is 10.7. The maximum absolute atomic E-state index is 5.36. The summed E-state index contributed by atoms with van der Waals surface area (Å²) in [5.74, 6) is 1.07. The lowest BCUT2D eigenvalue weighted by atomic mass is 9.93. The number of ether oxygens (including phenoxy) is 1. The first-order valence-electron chi connectivity index (χ1n) is 6.17. The number of nitrogens with one attached hydrogen (secondary N) is 1. The van der Waals surface area contributed by atoms with Crippen LogP contribution in [0.1, 0.15) is 31.4 Å². The second-order valence-electron chi connectivity index (χ2n) is 4.49. The van der Waals surface area contributed by atoms with Gasteiger partial charge in [0.1, 0.15) is 5.76 Å². The van der Waals surface area contributed by atoms with Crippen molar-refractivity contribution in [3.63, 3.8) is 0 Å². The van der Waals surface area contributed by atoms with Gasteiger partial charge in [-0.1, -0.05) is 0 Å². The fourth-order valence-corrected chi connectivity index (χ4v) is 2.36. The zero-order valence-corrected chi connectivity index (χ0v) is 9.95. The van der Waals surface area contributed by atoms with Crippen molar-refractivity contribution in [1.82, 2.24) is 5.32 Å². The fraction of sp³-hybridized carbons (Fsp3) is 0.692. The van der Waals surface area contributed by atoms with Crippen molar-refractivity contribution in [2.45, 2.75) is 44.2 Å². The molecule has 3 nitrogen and oxygen atoms in total. The summed E-state index contributed by atoms with van der Waals surface area (Å²) in [6.45, 7) is 1.01. The number of rotatable bonds is 5. The molecule has 3 heteroatoms. The van der Waals surface area contributed by atoms with Crippen LogP contribution in [0, 0.1) is 0 Å². The normalized spacial score (nSPS) is 25.8. The third-order valence-electron chi connectivity index (χ3n) is 3.39. The van der Waals surface area contributed by atoms with Crippen LogP contribution in [0.15, 0.2) is 22.8 Å². The Kier molecular flexibility index (Phi) is 4.43. The van der Waals surface area contributed by atoms with Crippen molar-refractivity contribution >= 4 is 0 Å². The van der Waals surface area contributed by atoms with Crippen LogP contribution in [0.5, 0.6) is 0 Å². The summed E-state index contributed by atoms with van der Waals surface area (Å²) in [6, 6.07) is 4.64. The minimum atomic E-state index is 0.489. The predicted octanol–water partition coefficient (Wildman–Crippen LogP) is 2.37. The van der Waals surface area contributed by atoms with Crippen LogP contribution in [0.25, 0.3) is 0 Å². The van der Waals surface area contributed by atoms with Gasteiger partial charge in [0.05, 0.1) is 12.4 Å². The van der Waals surface area contributed by atoms with Gasteiger partial charge in [0.25, 0.3) is 0 Å². The molecule has 0 atom stereocenters. The Morgan fingerprint density at radius 2 is 2.19 bits per heavy atom. The minimum Gasteiger partial charge on any atom is -0.469 e. The van der Waals surface area contributed by atoms with Gasteiger partial charge in [-0.15, -0.1) is 0 Å². The average molecular weight is 223 g/mol. The van der Waals surface area contributed by atoms with E-state index in [1.54, 1.807) is 6.26 Å². The molecular formula is C13H21NO2. The highest BCUT2D eigenvalue weighted by molar-refractivity contribution is 4.98. The van der Waals surface area contributed by atoms with E-state index in [0.29, 0.717) is 12.1 Å². The maximum atomic E-state index is 5.36. The molecule has 0 bridgehead atoms. The lowest BCUT2D eigenvalue weighted by molar-refractivity contribution is 0.0626. The van der Waals surface area contributed by atoms with Crippen LogP contribution < -0.4 is 5.32 Å². The Hall–Kier alpha value is -0.800. The molecule has 16 heavy (non-hydrogen) atoms. The first-order chi connectivity index (χ1) is 7.88. The van der Waals surface area contributed by atoms with Crippen molar-refractivity contribution in [2.24, 2.45) is 0 Å². The molecule has 0 unspecified atom stereocenters. The van der Waals surface area contributed by atoms with Crippen LogP contribution in [0.4, 0.5) is 0 Å². The Morgan fingerprint density at radius 3 is 2.81 bits per heavy atom. The Morgan fingerprint density at radius 1 is 1.38 bits per heavy atom. The van der Waals surface area contributed by atoms with E-state index in [9.17, 15) is 0 Å². The van der Waals surface area contributed by atoms with E-state index >= 15 is 0 Å². The predicted molar refractivity (Wildman–Crippen MR) is 63.5 cm³/mol. The summed E-state index contributed by atoms with van der Waals surface area (Å²) in [5, 5.41) is 3.59. The topological polar surface area (TPSA) is 34.4 Å². The molecule has 0 radical (unpaired) electrons. The standard InChI is InChI=1S/C13H21NO2/c1-15-12-6-4-11(5-7-12)14-9-8-13-3-2-10-16-13/h2-3,10-12,14H,4-9H2,1H3. The lowest BCUT2D eigenvalue weighted by Crippen LogP contribution is -2.36. The van der Waals surface area contributed by atoms with Crippen LogP contribution >= 0.6 is 0 Å². The van der Waals surface area contributed by atoms with Crippen molar-refractivity contribution in [3.05, 3.63) is 24.2 Å². The van der Waals surface area contributed by atoms with E-state index in [1.165, 1.54) is 25.7 Å². The molecule has 0 aliphatic heterocycles. The molecule has 1 fully saturated rings. The molecule has 1 heterocycles. The molecule has 1 N–H and O–H groups in total. The zero-order valence-electron chi connectivity index (χ0n) is 9.95. The smallest absolute Gasteiger partial charge is 0.105 e. The third-order valence-corrected chi connectivity index (χ3v) is 3.39. The monoisotopic (exact) mass is 223 g/mol. The van der Waals surface area contributed by atoms with Crippen molar-refractivity contribution < 1.29 is 9.15 Å². The van der Waals surface area contributed by atoms with Crippen LogP contribution in [-0.4, -0.2) is 25.8 Å². The molecule has 0 saturated heterocycles. The highest BCUT2D eigenvalue weighted by Gasteiger charge is 2.19. The van der Waals surface area contributed by atoms with E-state index in [-0.39, 0.29) is 0 Å². The molecule has 1 aromatic rings. The number of hydrogen-bond donors (Lipinski definition) is 1. The quantitative estimate of drug-likeness (QED) is 0.832. The summed E-state index contributed by atoms with van der Waals surface area (Å²) in [4.78, 5) is 0. The highest BCUT2D eigenvalue weighted by Crippen LogP contribution is 2.20. The Balaban J connectivity index is 1.60. The van der Waals surface area contributed by atoms with Crippen molar-refractivity contribution in [3.8, 4) is 0 Å². The molecule has 1 aliphatic rings. The largest absolute Gasteiger partial charge is 0.469 e. The number of methoxy groups -OCH3 is 1. The van der Waals surface area contributed by atoms with Gasteiger partial charge in [0.15, 0.2) is 0 Å². The fourth-order valence-electron chi connectivity index (χ4n) is 2.36. The van der Waals surface area contributed by atoms with Gasteiger partial charge in [0, 0.05) is 26.1 Å². The van der Waals surface area contributed by atoms with Gasteiger partial charge in [-0.25, -0.2) is 0 Å². The molecule has 1 aromatic heterocycles. The number of hydrogen-bond acceptors (Lipinski definition) is 3. The first kappa shape index (κ1) is 11.7. The first-order valence-corrected chi connectivity index (χ1v) is 6.17. The summed E-state index contributed by atoms with van der Waals surface area (Å²) in [7, 11) is 1.81. The van der Waals surface area contributed by atoms with E-state index in [2.05, 4.69) is 5.32 Å². The van der Waals surface area contributed by atoms with Crippen LogP contribution in [-0.2, 0) is 11.2 Å². The molecule has 90 valence electrons. The van der Waals surface area contributed by atoms with E-state index in [4.69, 9.17) is 9.15 Å².